The predicted octanol–water partition coefficient (Wildman–Crippen LogP) is 5.90. The summed E-state index contributed by atoms with van der Waals surface area (Å²) in [6, 6.07) is 15.9. The van der Waals surface area contributed by atoms with Gasteiger partial charge in [-0.05, 0) is 42.0 Å². The molecule has 1 heterocycles. The lowest BCUT2D eigenvalue weighted by Gasteiger charge is -2.21. The zero-order chi connectivity index (χ0) is 19.9. The summed E-state index contributed by atoms with van der Waals surface area (Å²) < 4.78 is 6.00. The van der Waals surface area contributed by atoms with E-state index in [0.29, 0.717) is 11.4 Å². The van der Waals surface area contributed by atoms with Crippen molar-refractivity contribution in [2.24, 2.45) is 5.92 Å². The Balaban J connectivity index is 1.43. The molecular formula is C25H28N2O2. The summed E-state index contributed by atoms with van der Waals surface area (Å²) in [5.74, 6) is 2.17. The average Bonchev–Trinajstić information content (AvgIpc) is 2.79. The lowest BCUT2D eigenvalue weighted by atomic mass is 9.87. The van der Waals surface area contributed by atoms with Crippen LogP contribution in [0.2, 0.25) is 0 Å². The molecule has 0 atom stereocenters. The Kier molecular flexibility index (Phi) is 6.52. The van der Waals surface area contributed by atoms with E-state index in [4.69, 9.17) is 4.74 Å². The quantitative estimate of drug-likeness (QED) is 0.385. The first-order valence-electron chi connectivity index (χ1n) is 10.6. The minimum atomic E-state index is 0.485. The minimum absolute atomic E-state index is 0.485. The molecule has 3 aromatic rings. The van der Waals surface area contributed by atoms with Gasteiger partial charge in [-0.15, -0.1) is 0 Å². The first kappa shape index (κ1) is 19.6. The fourth-order valence-corrected chi connectivity index (χ4v) is 4.22. The molecule has 4 rings (SSSR count). The lowest BCUT2D eigenvalue weighted by Crippen LogP contribution is -2.19. The number of hydrogen-bond acceptors (Lipinski definition) is 4. The topological polar surface area (TPSA) is 51.2 Å². The highest BCUT2D eigenvalue weighted by molar-refractivity contribution is 5.91. The zero-order valence-corrected chi connectivity index (χ0v) is 16.8. The number of aromatic nitrogens is 1. The summed E-state index contributed by atoms with van der Waals surface area (Å²) in [5.41, 5.74) is 1.82. The normalized spacial score (nSPS) is 14.8. The van der Waals surface area contributed by atoms with Gasteiger partial charge in [0.05, 0.1) is 0 Å². The number of pyridine rings is 1. The van der Waals surface area contributed by atoms with E-state index < -0.39 is 0 Å². The highest BCUT2D eigenvalue weighted by Gasteiger charge is 2.13. The fourth-order valence-electron chi connectivity index (χ4n) is 4.22. The average molecular weight is 389 g/mol. The number of carbonyl (C=O) groups excluding carboxylic acids is 1. The third-order valence-electron chi connectivity index (χ3n) is 5.85. The van der Waals surface area contributed by atoms with E-state index >= 15 is 0 Å². The van der Waals surface area contributed by atoms with Crippen molar-refractivity contribution in [2.45, 2.75) is 45.1 Å². The lowest BCUT2D eigenvalue weighted by molar-refractivity contribution is 0.112. The van der Waals surface area contributed by atoms with Gasteiger partial charge >= 0.3 is 0 Å². The number of aldehydes is 1. The SMILES string of the molecule is O=Cc1ccc(Oc2ccc(CNCCC3CCCCC3)c3ccccc23)nc1. The molecule has 4 nitrogen and oxygen atoms in total. The van der Waals surface area contributed by atoms with E-state index in [1.54, 1.807) is 12.1 Å². The van der Waals surface area contributed by atoms with Crippen molar-refractivity contribution in [1.82, 2.24) is 10.3 Å². The van der Waals surface area contributed by atoms with Crippen molar-refractivity contribution in [3.63, 3.8) is 0 Å². The predicted molar refractivity (Wildman–Crippen MR) is 117 cm³/mol. The maximum Gasteiger partial charge on any atom is 0.219 e. The van der Waals surface area contributed by atoms with Crippen molar-refractivity contribution in [1.29, 1.82) is 0 Å². The van der Waals surface area contributed by atoms with Gasteiger partial charge in [0.15, 0.2) is 6.29 Å². The van der Waals surface area contributed by atoms with Gasteiger partial charge in [-0.2, -0.15) is 0 Å². The number of rotatable bonds is 8. The molecule has 0 amide bonds. The maximum atomic E-state index is 10.8. The Bertz CT molecular complexity index is 947. The van der Waals surface area contributed by atoms with E-state index in [0.717, 1.165) is 36.4 Å². The molecule has 0 radical (unpaired) electrons. The number of ether oxygens (including phenoxy) is 1. The summed E-state index contributed by atoms with van der Waals surface area (Å²) >= 11 is 0. The highest BCUT2D eigenvalue weighted by atomic mass is 16.5. The van der Waals surface area contributed by atoms with Gasteiger partial charge < -0.3 is 10.1 Å². The second-order valence-electron chi connectivity index (χ2n) is 7.89. The number of nitrogens with one attached hydrogen (secondary N) is 1. The summed E-state index contributed by atoms with van der Waals surface area (Å²) in [6.45, 7) is 1.93. The summed E-state index contributed by atoms with van der Waals surface area (Å²) in [7, 11) is 0. The number of hydrogen-bond donors (Lipinski definition) is 1. The highest BCUT2D eigenvalue weighted by Crippen LogP contribution is 2.31. The zero-order valence-electron chi connectivity index (χ0n) is 16.8. The number of benzene rings is 2. The molecule has 0 bridgehead atoms. The van der Waals surface area contributed by atoms with Crippen molar-refractivity contribution in [3.05, 3.63) is 65.9 Å². The maximum absolute atomic E-state index is 10.8. The first-order valence-corrected chi connectivity index (χ1v) is 10.6. The summed E-state index contributed by atoms with van der Waals surface area (Å²) in [4.78, 5) is 15.0. The van der Waals surface area contributed by atoms with Gasteiger partial charge in [-0.3, -0.25) is 4.79 Å². The van der Waals surface area contributed by atoms with E-state index in [1.807, 2.05) is 12.1 Å². The largest absolute Gasteiger partial charge is 0.438 e. The number of nitrogens with zero attached hydrogens (tertiary/aromatic N) is 1. The first-order chi connectivity index (χ1) is 14.3. The number of carbonyl (C=O) groups is 1. The Morgan fingerprint density at radius 1 is 1.00 bits per heavy atom. The second-order valence-corrected chi connectivity index (χ2v) is 7.89. The monoisotopic (exact) mass is 388 g/mol. The molecule has 0 spiro atoms. The standard InChI is InChI=1S/C25H28N2O2/c28-18-20-10-13-25(27-16-20)29-24-12-11-21(22-8-4-5-9-23(22)24)17-26-15-14-19-6-2-1-3-7-19/h4-5,8-13,16,18-19,26H,1-3,6-7,14-15,17H2. The Hall–Kier alpha value is -2.72. The van der Waals surface area contributed by atoms with Gasteiger partial charge in [0, 0.05) is 29.8 Å². The van der Waals surface area contributed by atoms with Crippen LogP contribution in [0.25, 0.3) is 10.8 Å². The molecule has 1 aliphatic carbocycles. The smallest absolute Gasteiger partial charge is 0.219 e. The van der Waals surface area contributed by atoms with Crippen molar-refractivity contribution >= 4 is 17.1 Å². The van der Waals surface area contributed by atoms with Crippen LogP contribution in [0.5, 0.6) is 11.6 Å². The van der Waals surface area contributed by atoms with Gasteiger partial charge in [0.1, 0.15) is 5.75 Å². The van der Waals surface area contributed by atoms with Crippen molar-refractivity contribution < 1.29 is 9.53 Å². The second kappa shape index (κ2) is 9.66. The Morgan fingerprint density at radius 3 is 2.59 bits per heavy atom. The van der Waals surface area contributed by atoms with Crippen LogP contribution in [0.15, 0.2) is 54.7 Å². The Labute approximate surface area is 172 Å². The summed E-state index contributed by atoms with van der Waals surface area (Å²) in [6.07, 6.45) is 10.6. The molecule has 4 heteroatoms. The van der Waals surface area contributed by atoms with Gasteiger partial charge in [-0.25, -0.2) is 4.98 Å². The molecule has 1 saturated carbocycles. The molecule has 0 saturated heterocycles. The third-order valence-corrected chi connectivity index (χ3v) is 5.85. The van der Waals surface area contributed by atoms with Crippen molar-refractivity contribution in [2.75, 3.05) is 6.54 Å². The van der Waals surface area contributed by atoms with E-state index in [1.165, 1.54) is 55.7 Å². The van der Waals surface area contributed by atoms with Crippen LogP contribution < -0.4 is 10.1 Å². The molecule has 1 aromatic heterocycles. The molecule has 1 fully saturated rings. The van der Waals surface area contributed by atoms with Gasteiger partial charge in [0.2, 0.25) is 5.88 Å². The number of fused-ring (bicyclic) bond motifs is 1. The molecule has 0 unspecified atom stereocenters. The van der Waals surface area contributed by atoms with E-state index in [-0.39, 0.29) is 0 Å². The van der Waals surface area contributed by atoms with Crippen LogP contribution in [-0.2, 0) is 6.54 Å². The molecular weight excluding hydrogens is 360 g/mol. The fraction of sp³-hybridized carbons (Fsp3) is 0.360. The third kappa shape index (κ3) is 5.01. The van der Waals surface area contributed by atoms with Crippen LogP contribution in [0.1, 0.15) is 54.4 Å². The van der Waals surface area contributed by atoms with E-state index in [2.05, 4.69) is 34.6 Å². The molecule has 0 aliphatic heterocycles. The minimum Gasteiger partial charge on any atom is -0.438 e. The molecule has 150 valence electrons. The van der Waals surface area contributed by atoms with Gasteiger partial charge in [0.25, 0.3) is 0 Å². The van der Waals surface area contributed by atoms with Crippen LogP contribution in [0.3, 0.4) is 0 Å². The Morgan fingerprint density at radius 2 is 1.83 bits per heavy atom. The molecule has 29 heavy (non-hydrogen) atoms. The van der Waals surface area contributed by atoms with Crippen LogP contribution in [0, 0.1) is 5.92 Å². The van der Waals surface area contributed by atoms with Gasteiger partial charge in [-0.1, -0.05) is 62.4 Å². The molecule has 1 aliphatic rings. The van der Waals surface area contributed by atoms with Crippen LogP contribution in [0.4, 0.5) is 0 Å². The van der Waals surface area contributed by atoms with Crippen LogP contribution in [-0.4, -0.2) is 17.8 Å². The molecule has 1 N–H and O–H groups in total. The summed E-state index contributed by atoms with van der Waals surface area (Å²) in [5, 5.41) is 5.90. The van der Waals surface area contributed by atoms with Crippen molar-refractivity contribution in [3.8, 4) is 11.6 Å². The van der Waals surface area contributed by atoms with E-state index in [9.17, 15) is 4.79 Å². The van der Waals surface area contributed by atoms with Crippen LogP contribution >= 0.6 is 0 Å². The molecule has 2 aromatic carbocycles.